The molecule has 0 spiro atoms. The van der Waals surface area contributed by atoms with Crippen LogP contribution in [0.3, 0.4) is 0 Å². The lowest BCUT2D eigenvalue weighted by atomic mass is 10.4. The zero-order chi connectivity index (χ0) is 10.0. The quantitative estimate of drug-likeness (QED) is 0.684. The third-order valence-corrected chi connectivity index (χ3v) is 2.57. The third kappa shape index (κ3) is 2.21. The van der Waals surface area contributed by atoms with Gasteiger partial charge in [0, 0.05) is 17.1 Å². The molecule has 6 heteroatoms. The standard InChI is InChI=1S/C7H12N3O2S/c1-6(2)10-5-4-7(8-10)13(12)9(3)11/h4-6H,1-3H3/q+1. The van der Waals surface area contributed by atoms with Gasteiger partial charge in [-0.1, -0.05) is 0 Å². The molecule has 0 saturated heterocycles. The van der Waals surface area contributed by atoms with E-state index in [-0.39, 0.29) is 6.04 Å². The van der Waals surface area contributed by atoms with Gasteiger partial charge < -0.3 is 0 Å². The number of aromatic nitrogens is 2. The molecule has 0 aliphatic heterocycles. The molecule has 0 bridgehead atoms. The van der Waals surface area contributed by atoms with Crippen molar-refractivity contribution in [3.05, 3.63) is 17.2 Å². The van der Waals surface area contributed by atoms with Crippen LogP contribution in [0.15, 0.2) is 17.3 Å². The molecule has 13 heavy (non-hydrogen) atoms. The predicted octanol–water partition coefficient (Wildman–Crippen LogP) is 0.895. The van der Waals surface area contributed by atoms with Crippen LogP contribution in [-0.4, -0.2) is 25.2 Å². The van der Waals surface area contributed by atoms with Gasteiger partial charge in [0.2, 0.25) is 12.1 Å². The lowest BCUT2D eigenvalue weighted by Gasteiger charge is -2.02. The van der Waals surface area contributed by atoms with Crippen LogP contribution in [0.2, 0.25) is 0 Å². The maximum absolute atomic E-state index is 11.2. The fourth-order valence-corrected chi connectivity index (χ4v) is 1.44. The molecule has 1 unspecified atom stereocenters. The lowest BCUT2D eigenvalue weighted by molar-refractivity contribution is -0.343. The maximum Gasteiger partial charge on any atom is 0.382 e. The van der Waals surface area contributed by atoms with Gasteiger partial charge in [-0.3, -0.25) is 4.68 Å². The highest BCUT2D eigenvalue weighted by Crippen LogP contribution is 2.07. The number of nitrogens with zero attached hydrogens (tertiary/aromatic N) is 3. The van der Waals surface area contributed by atoms with Crippen molar-refractivity contribution in [1.82, 2.24) is 9.78 Å². The van der Waals surface area contributed by atoms with Crippen molar-refractivity contribution in [3.8, 4) is 0 Å². The van der Waals surface area contributed by atoms with Gasteiger partial charge in [0.25, 0.3) is 0 Å². The van der Waals surface area contributed by atoms with Gasteiger partial charge in [-0.05, 0) is 19.9 Å². The molecular formula is C7H12N3O2S+. The van der Waals surface area contributed by atoms with Crippen molar-refractivity contribution in [2.45, 2.75) is 24.9 Å². The molecule has 1 aromatic rings. The SMILES string of the molecule is CC(C)n1ccc(S(=O)[N+](C)=O)n1. The Hall–Kier alpha value is -1.04. The molecule has 0 N–H and O–H groups in total. The summed E-state index contributed by atoms with van der Waals surface area (Å²) in [4.78, 5) is 10.7. The smallest absolute Gasteiger partial charge is 0.269 e. The van der Waals surface area contributed by atoms with Crippen molar-refractivity contribution in [3.63, 3.8) is 0 Å². The number of rotatable bonds is 3. The van der Waals surface area contributed by atoms with Crippen molar-refractivity contribution in [2.24, 2.45) is 0 Å². The zero-order valence-corrected chi connectivity index (χ0v) is 8.61. The normalized spacial score (nSPS) is 13.2. The first-order valence-corrected chi connectivity index (χ1v) is 5.01. The average molecular weight is 202 g/mol. The van der Waals surface area contributed by atoms with E-state index in [2.05, 4.69) is 5.10 Å². The molecule has 72 valence electrons. The third-order valence-electron chi connectivity index (χ3n) is 1.53. The summed E-state index contributed by atoms with van der Waals surface area (Å²) < 4.78 is 13.3. The monoisotopic (exact) mass is 202 g/mol. The Morgan fingerprint density at radius 3 is 2.62 bits per heavy atom. The van der Waals surface area contributed by atoms with E-state index in [9.17, 15) is 9.12 Å². The highest BCUT2D eigenvalue weighted by molar-refractivity contribution is 7.78. The van der Waals surface area contributed by atoms with Crippen LogP contribution in [0, 0.1) is 4.91 Å². The second kappa shape index (κ2) is 3.78. The Morgan fingerprint density at radius 1 is 1.62 bits per heavy atom. The molecule has 1 atom stereocenters. The van der Waals surface area contributed by atoms with Crippen LogP contribution in [0.5, 0.6) is 0 Å². The van der Waals surface area contributed by atoms with Crippen molar-refractivity contribution in [1.29, 1.82) is 0 Å². The number of nitroso groups, excluding NO2 is 1. The molecule has 5 nitrogen and oxygen atoms in total. The molecule has 1 heterocycles. The largest absolute Gasteiger partial charge is 0.382 e. The Kier molecular flexibility index (Phi) is 2.92. The van der Waals surface area contributed by atoms with Crippen LogP contribution in [0.25, 0.3) is 0 Å². The molecule has 0 aliphatic carbocycles. The van der Waals surface area contributed by atoms with Crippen LogP contribution in [0.1, 0.15) is 19.9 Å². The summed E-state index contributed by atoms with van der Waals surface area (Å²) in [7, 11) is -0.472. The summed E-state index contributed by atoms with van der Waals surface area (Å²) in [5.74, 6) is 0. The summed E-state index contributed by atoms with van der Waals surface area (Å²) in [6.45, 7) is 3.92. The molecule has 0 amide bonds. The minimum Gasteiger partial charge on any atom is -0.269 e. The van der Waals surface area contributed by atoms with Gasteiger partial charge in [-0.25, -0.2) is 0 Å². The summed E-state index contributed by atoms with van der Waals surface area (Å²) in [6, 6.07) is 1.80. The number of hydrogen-bond donors (Lipinski definition) is 0. The Labute approximate surface area is 78.9 Å². The fourth-order valence-electron chi connectivity index (χ4n) is 0.833. The van der Waals surface area contributed by atoms with Crippen molar-refractivity contribution < 1.29 is 8.37 Å². The lowest BCUT2D eigenvalue weighted by Crippen LogP contribution is -2.08. The molecule has 0 aliphatic rings. The van der Waals surface area contributed by atoms with Gasteiger partial charge in [0.1, 0.15) is 0 Å². The summed E-state index contributed by atoms with van der Waals surface area (Å²) in [5.41, 5.74) is 0. The number of hydrogen-bond acceptors (Lipinski definition) is 3. The van der Waals surface area contributed by atoms with E-state index in [0.717, 1.165) is 0 Å². The summed E-state index contributed by atoms with van der Waals surface area (Å²) in [5, 5.41) is 4.30. The van der Waals surface area contributed by atoms with Gasteiger partial charge in [0.15, 0.2) is 0 Å². The Balaban J connectivity index is 2.92. The zero-order valence-electron chi connectivity index (χ0n) is 7.80. The first-order chi connectivity index (χ1) is 6.02. The molecule has 0 saturated carbocycles. The molecule has 0 radical (unpaired) electrons. The van der Waals surface area contributed by atoms with E-state index in [0.29, 0.717) is 9.19 Å². The van der Waals surface area contributed by atoms with Crippen LogP contribution < -0.4 is 0 Å². The minimum atomic E-state index is -1.68. The fraction of sp³-hybridized carbons (Fsp3) is 0.571. The van der Waals surface area contributed by atoms with Gasteiger partial charge in [0.05, 0.1) is 4.17 Å². The first-order valence-electron chi connectivity index (χ1n) is 3.90. The second-order valence-electron chi connectivity index (χ2n) is 2.92. The molecule has 0 aromatic carbocycles. The van der Waals surface area contributed by atoms with Crippen molar-refractivity contribution in [2.75, 3.05) is 7.05 Å². The highest BCUT2D eigenvalue weighted by Gasteiger charge is 2.20. The van der Waals surface area contributed by atoms with Crippen LogP contribution in [0.4, 0.5) is 0 Å². The van der Waals surface area contributed by atoms with Crippen LogP contribution >= 0.6 is 0 Å². The summed E-state index contributed by atoms with van der Waals surface area (Å²) in [6.07, 6.45) is 1.71. The minimum absolute atomic E-state index is 0.211. The van der Waals surface area contributed by atoms with Gasteiger partial charge >= 0.3 is 11.0 Å². The average Bonchev–Trinajstić information content (AvgIpc) is 2.50. The first kappa shape index (κ1) is 10.0. The van der Waals surface area contributed by atoms with Gasteiger partial charge in [-0.15, -0.1) is 0 Å². The highest BCUT2D eigenvalue weighted by atomic mass is 32.2. The van der Waals surface area contributed by atoms with E-state index in [1.807, 2.05) is 13.8 Å². The Bertz CT molecular complexity index is 345. The second-order valence-corrected chi connectivity index (χ2v) is 4.35. The molecule has 1 rings (SSSR count). The van der Waals surface area contributed by atoms with Gasteiger partial charge in [-0.2, -0.15) is 9.31 Å². The molecular weight excluding hydrogens is 190 g/mol. The predicted molar refractivity (Wildman–Crippen MR) is 48.6 cm³/mol. The van der Waals surface area contributed by atoms with Crippen LogP contribution in [-0.2, 0) is 11.0 Å². The summed E-state index contributed by atoms with van der Waals surface area (Å²) >= 11 is 0. The van der Waals surface area contributed by atoms with E-state index in [1.165, 1.54) is 7.05 Å². The molecule has 0 fully saturated rings. The van der Waals surface area contributed by atoms with E-state index in [4.69, 9.17) is 0 Å². The van der Waals surface area contributed by atoms with E-state index >= 15 is 0 Å². The van der Waals surface area contributed by atoms with E-state index in [1.54, 1.807) is 16.9 Å². The molecule has 1 aromatic heterocycles. The van der Waals surface area contributed by atoms with Crippen molar-refractivity contribution >= 4 is 11.0 Å². The Morgan fingerprint density at radius 2 is 2.23 bits per heavy atom. The maximum atomic E-state index is 11.2. The topological polar surface area (TPSA) is 55.0 Å². The van der Waals surface area contributed by atoms with E-state index < -0.39 is 11.0 Å².